The van der Waals surface area contributed by atoms with Crippen LogP contribution in [-0.4, -0.2) is 41.3 Å². The van der Waals surface area contributed by atoms with Crippen LogP contribution in [0.25, 0.3) is 0 Å². The predicted octanol–water partition coefficient (Wildman–Crippen LogP) is 3.84. The smallest absolute Gasteiger partial charge is 0.262 e. The van der Waals surface area contributed by atoms with Crippen LogP contribution in [0.5, 0.6) is 11.5 Å². The summed E-state index contributed by atoms with van der Waals surface area (Å²) in [5.41, 5.74) is 1.30. The third kappa shape index (κ3) is 7.23. The number of rotatable bonds is 11. The van der Waals surface area contributed by atoms with Crippen molar-refractivity contribution in [3.63, 3.8) is 0 Å². The molecule has 0 fully saturated rings. The molecule has 174 valence electrons. The van der Waals surface area contributed by atoms with Gasteiger partial charge in [0, 0.05) is 11.4 Å². The van der Waals surface area contributed by atoms with E-state index >= 15 is 0 Å². The lowest BCUT2D eigenvalue weighted by Crippen LogP contribution is -2.21. The van der Waals surface area contributed by atoms with Crippen LogP contribution in [0.1, 0.15) is 5.56 Å². The van der Waals surface area contributed by atoms with Crippen LogP contribution in [0.2, 0.25) is 0 Å². The molecule has 0 atom stereocenters. The molecule has 0 spiro atoms. The number of ether oxygens (including phenoxy) is 3. The van der Waals surface area contributed by atoms with Gasteiger partial charge in [0.15, 0.2) is 0 Å². The van der Waals surface area contributed by atoms with Crippen molar-refractivity contribution < 1.29 is 27.4 Å². The molecular formula is C24H26N2O6S. The van der Waals surface area contributed by atoms with Gasteiger partial charge in [0.1, 0.15) is 24.7 Å². The molecule has 0 aromatic heterocycles. The summed E-state index contributed by atoms with van der Waals surface area (Å²) < 4.78 is 44.2. The summed E-state index contributed by atoms with van der Waals surface area (Å²) in [7, 11) is -2.33. The number of sulfonamides is 1. The van der Waals surface area contributed by atoms with Crippen molar-refractivity contribution in [1.29, 1.82) is 0 Å². The van der Waals surface area contributed by atoms with E-state index in [-0.39, 0.29) is 18.1 Å². The second-order valence-electron chi connectivity index (χ2n) is 7.08. The first kappa shape index (κ1) is 24.1. The van der Waals surface area contributed by atoms with Crippen LogP contribution in [0.3, 0.4) is 0 Å². The van der Waals surface area contributed by atoms with Crippen molar-refractivity contribution in [2.24, 2.45) is 0 Å². The molecule has 0 bridgehead atoms. The highest BCUT2D eigenvalue weighted by molar-refractivity contribution is 7.92. The molecule has 3 rings (SSSR count). The molecule has 0 aliphatic rings. The molecule has 0 aliphatic carbocycles. The summed E-state index contributed by atoms with van der Waals surface area (Å²) in [6.45, 7) is 2.05. The number of carbonyl (C=O) groups excluding carboxylic acids is 1. The Balaban J connectivity index is 1.54. The summed E-state index contributed by atoms with van der Waals surface area (Å²) in [5, 5.41) is 2.66. The molecule has 8 nitrogen and oxygen atoms in total. The minimum absolute atomic E-state index is 0.0632. The number of hydrogen-bond acceptors (Lipinski definition) is 6. The normalized spacial score (nSPS) is 11.0. The highest BCUT2D eigenvalue weighted by atomic mass is 32.2. The first-order chi connectivity index (χ1) is 15.9. The molecule has 0 saturated heterocycles. The largest absolute Gasteiger partial charge is 0.497 e. The highest BCUT2D eigenvalue weighted by Gasteiger charge is 2.18. The van der Waals surface area contributed by atoms with Crippen LogP contribution in [0.15, 0.2) is 77.7 Å². The summed E-state index contributed by atoms with van der Waals surface area (Å²) in [6.07, 6.45) is 0. The number of amides is 1. The third-order valence-corrected chi connectivity index (χ3v) is 6.10. The van der Waals surface area contributed by atoms with Crippen LogP contribution in [-0.2, 0) is 19.6 Å². The van der Waals surface area contributed by atoms with Crippen molar-refractivity contribution >= 4 is 27.3 Å². The van der Waals surface area contributed by atoms with Gasteiger partial charge in [0.2, 0.25) is 5.91 Å². The molecule has 1 amide bonds. The van der Waals surface area contributed by atoms with Gasteiger partial charge in [0.05, 0.1) is 18.6 Å². The third-order valence-electron chi connectivity index (χ3n) is 4.58. The Kier molecular flexibility index (Phi) is 8.28. The topological polar surface area (TPSA) is 103 Å². The lowest BCUT2D eigenvalue weighted by atomic mass is 10.2. The van der Waals surface area contributed by atoms with Crippen LogP contribution in [0.4, 0.5) is 11.4 Å². The summed E-state index contributed by atoms with van der Waals surface area (Å²) in [6, 6.07) is 20.5. The molecule has 0 radical (unpaired) electrons. The van der Waals surface area contributed by atoms with Gasteiger partial charge in [-0.3, -0.25) is 9.52 Å². The molecule has 3 aromatic rings. The highest BCUT2D eigenvalue weighted by Crippen LogP contribution is 2.24. The van der Waals surface area contributed by atoms with E-state index in [0.29, 0.717) is 29.3 Å². The number of methoxy groups -OCH3 is 1. The molecule has 2 N–H and O–H groups in total. The Morgan fingerprint density at radius 1 is 0.879 bits per heavy atom. The number of benzene rings is 3. The van der Waals surface area contributed by atoms with E-state index in [1.54, 1.807) is 43.3 Å². The van der Waals surface area contributed by atoms with Gasteiger partial charge in [-0.2, -0.15) is 0 Å². The number of anilines is 2. The van der Waals surface area contributed by atoms with Crippen molar-refractivity contribution in [3.8, 4) is 11.5 Å². The summed E-state index contributed by atoms with van der Waals surface area (Å²) >= 11 is 0. The molecule has 0 aliphatic heterocycles. The van der Waals surface area contributed by atoms with Crippen molar-refractivity contribution in [3.05, 3.63) is 78.4 Å². The van der Waals surface area contributed by atoms with Crippen molar-refractivity contribution in [2.75, 3.05) is 37.0 Å². The van der Waals surface area contributed by atoms with E-state index < -0.39 is 15.9 Å². The minimum atomic E-state index is -3.86. The number of aryl methyl sites for hydroxylation is 1. The SMILES string of the molecule is COc1ccc(NS(=O)(=O)c2cc(NC(=O)COCCOc3ccccc3)ccc2C)cc1. The van der Waals surface area contributed by atoms with E-state index in [1.807, 2.05) is 30.3 Å². The maximum absolute atomic E-state index is 12.9. The summed E-state index contributed by atoms with van der Waals surface area (Å²) in [5.74, 6) is 0.944. The molecule has 9 heteroatoms. The second kappa shape index (κ2) is 11.3. The average Bonchev–Trinajstić information content (AvgIpc) is 2.81. The minimum Gasteiger partial charge on any atom is -0.497 e. The van der Waals surface area contributed by atoms with Gasteiger partial charge in [-0.1, -0.05) is 24.3 Å². The number of para-hydroxylation sites is 1. The maximum Gasteiger partial charge on any atom is 0.262 e. The molecule has 0 heterocycles. The Morgan fingerprint density at radius 3 is 2.27 bits per heavy atom. The fourth-order valence-electron chi connectivity index (χ4n) is 2.93. The van der Waals surface area contributed by atoms with Crippen molar-refractivity contribution in [1.82, 2.24) is 0 Å². The first-order valence-corrected chi connectivity index (χ1v) is 11.7. The quantitative estimate of drug-likeness (QED) is 0.413. The van der Waals surface area contributed by atoms with E-state index in [1.165, 1.54) is 13.2 Å². The monoisotopic (exact) mass is 470 g/mol. The molecule has 33 heavy (non-hydrogen) atoms. The van der Waals surface area contributed by atoms with Crippen LogP contribution in [0, 0.1) is 6.92 Å². The summed E-state index contributed by atoms with van der Waals surface area (Å²) in [4.78, 5) is 12.3. The van der Waals surface area contributed by atoms with E-state index in [9.17, 15) is 13.2 Å². The number of hydrogen-bond donors (Lipinski definition) is 2. The zero-order valence-corrected chi connectivity index (χ0v) is 19.2. The van der Waals surface area contributed by atoms with Gasteiger partial charge < -0.3 is 19.5 Å². The van der Waals surface area contributed by atoms with Gasteiger partial charge in [-0.25, -0.2) is 8.42 Å². The van der Waals surface area contributed by atoms with E-state index in [4.69, 9.17) is 14.2 Å². The molecule has 0 saturated carbocycles. The zero-order valence-electron chi connectivity index (χ0n) is 18.4. The second-order valence-corrected chi connectivity index (χ2v) is 8.73. The fourth-order valence-corrected chi connectivity index (χ4v) is 4.26. The lowest BCUT2D eigenvalue weighted by Gasteiger charge is -2.13. The van der Waals surface area contributed by atoms with Crippen LogP contribution < -0.4 is 19.5 Å². The van der Waals surface area contributed by atoms with E-state index in [0.717, 1.165) is 5.75 Å². The van der Waals surface area contributed by atoms with Gasteiger partial charge in [-0.15, -0.1) is 0 Å². The van der Waals surface area contributed by atoms with Gasteiger partial charge >= 0.3 is 0 Å². The van der Waals surface area contributed by atoms with Crippen LogP contribution >= 0.6 is 0 Å². The van der Waals surface area contributed by atoms with Crippen molar-refractivity contribution in [2.45, 2.75) is 11.8 Å². The average molecular weight is 471 g/mol. The molecular weight excluding hydrogens is 444 g/mol. The first-order valence-electron chi connectivity index (χ1n) is 10.2. The zero-order chi connectivity index (χ0) is 23.7. The standard InChI is InChI=1S/C24H26N2O6S/c1-18-8-9-20(25-24(27)17-31-14-15-32-22-6-4-3-5-7-22)16-23(18)33(28,29)26-19-10-12-21(30-2)13-11-19/h3-13,16,26H,14-15,17H2,1-2H3,(H,25,27). The molecule has 3 aromatic carbocycles. The Bertz CT molecular complexity index is 1170. The fraction of sp³-hybridized carbons (Fsp3) is 0.208. The maximum atomic E-state index is 12.9. The number of carbonyl (C=O) groups is 1. The number of nitrogens with one attached hydrogen (secondary N) is 2. The molecule has 0 unspecified atom stereocenters. The van der Waals surface area contributed by atoms with Gasteiger partial charge in [0.25, 0.3) is 10.0 Å². The van der Waals surface area contributed by atoms with Gasteiger partial charge in [-0.05, 0) is 61.0 Å². The predicted molar refractivity (Wildman–Crippen MR) is 126 cm³/mol. The Labute approximate surface area is 193 Å². The lowest BCUT2D eigenvalue weighted by molar-refractivity contribution is -0.120. The Morgan fingerprint density at radius 2 is 1.58 bits per heavy atom. The van der Waals surface area contributed by atoms with E-state index in [2.05, 4.69) is 10.0 Å². The Hall–Kier alpha value is -3.56.